The van der Waals surface area contributed by atoms with Gasteiger partial charge < -0.3 is 9.15 Å². The fourth-order valence-corrected chi connectivity index (χ4v) is 5.21. The molecule has 0 saturated heterocycles. The quantitative estimate of drug-likeness (QED) is 0.292. The topological polar surface area (TPSA) is 76.4 Å². The largest absolute Gasteiger partial charge is 0.426 e. The molecule has 1 aliphatic carbocycles. The van der Waals surface area contributed by atoms with Crippen molar-refractivity contribution in [2.75, 3.05) is 5.43 Å². The third-order valence-corrected chi connectivity index (χ3v) is 7.71. The molecule has 0 saturated carbocycles. The smallest absolute Gasteiger partial charge is 0.305 e. The van der Waals surface area contributed by atoms with E-state index in [1.54, 1.807) is 12.1 Å². The van der Waals surface area contributed by atoms with E-state index in [9.17, 15) is 4.79 Å². The molecule has 4 aromatic rings. The van der Waals surface area contributed by atoms with Crippen LogP contribution in [0.25, 0.3) is 10.9 Å². The first-order valence-corrected chi connectivity index (χ1v) is 12.4. The molecule has 2 N–H and O–H groups in total. The summed E-state index contributed by atoms with van der Waals surface area (Å²) in [7, 11) is 0. The van der Waals surface area contributed by atoms with Gasteiger partial charge in [-0.15, -0.1) is 0 Å². The summed E-state index contributed by atoms with van der Waals surface area (Å²) in [6.07, 6.45) is 1.11. The van der Waals surface area contributed by atoms with E-state index in [0.29, 0.717) is 11.7 Å². The summed E-state index contributed by atoms with van der Waals surface area (Å²) in [5, 5.41) is 1.03. The van der Waals surface area contributed by atoms with E-state index in [1.165, 1.54) is 11.1 Å². The summed E-state index contributed by atoms with van der Waals surface area (Å²) < 4.78 is 11.8. The fraction of sp³-hybridized carbons (Fsp3) is 0.333. The van der Waals surface area contributed by atoms with Crippen molar-refractivity contribution in [2.24, 2.45) is 5.92 Å². The molecule has 0 fully saturated rings. The number of carbonyl (C=O) groups excluding carboxylic acids is 1. The first-order chi connectivity index (χ1) is 17.0. The maximum atomic E-state index is 12.6. The van der Waals surface area contributed by atoms with Crippen molar-refractivity contribution in [3.8, 4) is 11.7 Å². The lowest BCUT2D eigenvalue weighted by molar-refractivity contribution is 0.0930. The van der Waals surface area contributed by atoms with Crippen LogP contribution < -0.4 is 15.6 Å². The Morgan fingerprint density at radius 2 is 1.81 bits per heavy atom. The Morgan fingerprint density at radius 3 is 2.61 bits per heavy atom. The molecule has 5 rings (SSSR count). The highest BCUT2D eigenvalue weighted by Gasteiger charge is 2.42. The summed E-state index contributed by atoms with van der Waals surface area (Å²) >= 11 is 0. The van der Waals surface area contributed by atoms with Gasteiger partial charge in [-0.2, -0.15) is 0 Å². The zero-order chi connectivity index (χ0) is 25.7. The molecule has 186 valence electrons. The molecule has 1 unspecified atom stereocenters. The molecule has 36 heavy (non-hydrogen) atoms. The van der Waals surface area contributed by atoms with Gasteiger partial charge in [0.25, 0.3) is 5.95 Å². The minimum Gasteiger partial charge on any atom is -0.426 e. The van der Waals surface area contributed by atoms with Crippen LogP contribution in [-0.2, 0) is 10.8 Å². The average molecular weight is 484 g/mol. The van der Waals surface area contributed by atoms with Gasteiger partial charge in [-0.25, -0.2) is 4.98 Å². The lowest BCUT2D eigenvalue weighted by Gasteiger charge is -2.46. The molecule has 1 amide bonds. The van der Waals surface area contributed by atoms with Crippen molar-refractivity contribution in [1.82, 2.24) is 10.4 Å². The zero-order valence-corrected chi connectivity index (χ0v) is 21.7. The highest BCUT2D eigenvalue weighted by molar-refractivity contribution is 5.92. The maximum absolute atomic E-state index is 12.6. The van der Waals surface area contributed by atoms with Crippen LogP contribution in [0.1, 0.15) is 68.3 Å². The molecule has 1 aliphatic rings. The van der Waals surface area contributed by atoms with Gasteiger partial charge in [0.2, 0.25) is 0 Å². The van der Waals surface area contributed by atoms with Crippen LogP contribution in [0.4, 0.5) is 5.82 Å². The van der Waals surface area contributed by atoms with Crippen molar-refractivity contribution in [3.63, 3.8) is 0 Å². The molecule has 0 aliphatic heterocycles. The van der Waals surface area contributed by atoms with E-state index in [0.717, 1.165) is 28.6 Å². The Morgan fingerprint density at radius 1 is 1.03 bits per heavy atom. The second-order valence-electron chi connectivity index (χ2n) is 11.1. The Hall–Kier alpha value is -3.80. The first kappa shape index (κ1) is 23.9. The van der Waals surface area contributed by atoms with Crippen LogP contribution in [0.2, 0.25) is 0 Å². The standard InChI is InChI=1S/C30H33N3O3/c1-18-15-22-21(29(3,4)17-19(2)30(22,5)6)16-25(18)36-27-14-12-24(35-27)28(34)33-32-26-13-11-20-9-7-8-10-23(20)31-26/h7-16,19H,17H2,1-6H3,(H,31,32)(H,33,34). The van der Waals surface area contributed by atoms with Crippen LogP contribution in [0.15, 0.2) is 65.1 Å². The van der Waals surface area contributed by atoms with E-state index < -0.39 is 5.91 Å². The Kier molecular flexibility index (Phi) is 5.78. The third kappa shape index (κ3) is 4.32. The van der Waals surface area contributed by atoms with Gasteiger partial charge in [0.1, 0.15) is 11.6 Å². The van der Waals surface area contributed by atoms with Crippen LogP contribution in [0.3, 0.4) is 0 Å². The van der Waals surface area contributed by atoms with Gasteiger partial charge in [-0.05, 0) is 77.1 Å². The van der Waals surface area contributed by atoms with Crippen LogP contribution in [0, 0.1) is 12.8 Å². The minimum atomic E-state index is -0.418. The molecule has 6 heteroatoms. The summed E-state index contributed by atoms with van der Waals surface area (Å²) in [6.45, 7) is 13.6. The molecule has 0 spiro atoms. The van der Waals surface area contributed by atoms with Crippen molar-refractivity contribution in [2.45, 2.75) is 58.8 Å². The number of benzene rings is 2. The Bertz CT molecular complexity index is 1450. The number of amides is 1. The fourth-order valence-electron chi connectivity index (χ4n) is 5.21. The molecule has 1 atom stereocenters. The molecule has 2 aromatic carbocycles. The van der Waals surface area contributed by atoms with E-state index >= 15 is 0 Å². The van der Waals surface area contributed by atoms with Crippen molar-refractivity contribution >= 4 is 22.6 Å². The Labute approximate surface area is 212 Å². The van der Waals surface area contributed by atoms with Gasteiger partial charge in [0.05, 0.1) is 5.52 Å². The number of anilines is 1. The number of nitrogens with one attached hydrogen (secondary N) is 2. The monoisotopic (exact) mass is 483 g/mol. The highest BCUT2D eigenvalue weighted by atomic mass is 16.6. The van der Waals surface area contributed by atoms with Crippen LogP contribution in [-0.4, -0.2) is 10.9 Å². The van der Waals surface area contributed by atoms with E-state index in [4.69, 9.17) is 9.15 Å². The summed E-state index contributed by atoms with van der Waals surface area (Å²) in [5.74, 6) is 1.86. The van der Waals surface area contributed by atoms with Crippen molar-refractivity contribution < 1.29 is 13.9 Å². The number of fused-ring (bicyclic) bond motifs is 2. The number of para-hydroxylation sites is 1. The van der Waals surface area contributed by atoms with Crippen molar-refractivity contribution in [3.05, 3.63) is 83.1 Å². The number of aryl methyl sites for hydroxylation is 1. The summed E-state index contributed by atoms with van der Waals surface area (Å²) in [6, 6.07) is 19.2. The van der Waals surface area contributed by atoms with E-state index in [1.807, 2.05) is 36.4 Å². The number of ether oxygens (including phenoxy) is 1. The van der Waals surface area contributed by atoms with Gasteiger partial charge in [-0.3, -0.25) is 15.6 Å². The molecule has 0 radical (unpaired) electrons. The number of furan rings is 1. The van der Waals surface area contributed by atoms with Crippen molar-refractivity contribution in [1.29, 1.82) is 0 Å². The summed E-state index contributed by atoms with van der Waals surface area (Å²) in [5.41, 5.74) is 10.2. The number of hydrogen-bond donors (Lipinski definition) is 2. The first-order valence-electron chi connectivity index (χ1n) is 12.4. The normalized spacial score (nSPS) is 17.9. The average Bonchev–Trinajstić information content (AvgIpc) is 3.31. The number of rotatable bonds is 5. The predicted octanol–water partition coefficient (Wildman–Crippen LogP) is 7.28. The molecule has 2 aromatic heterocycles. The van der Waals surface area contributed by atoms with Gasteiger partial charge in [0, 0.05) is 11.5 Å². The molecule has 0 bridgehead atoms. The number of pyridine rings is 1. The zero-order valence-electron chi connectivity index (χ0n) is 21.7. The lowest BCUT2D eigenvalue weighted by Crippen LogP contribution is -2.40. The maximum Gasteiger partial charge on any atom is 0.305 e. The van der Waals surface area contributed by atoms with Gasteiger partial charge in [-0.1, -0.05) is 58.9 Å². The molecule has 2 heterocycles. The lowest BCUT2D eigenvalue weighted by atomic mass is 9.58. The number of carbonyl (C=O) groups is 1. The second-order valence-corrected chi connectivity index (χ2v) is 11.1. The van der Waals surface area contributed by atoms with E-state index in [-0.39, 0.29) is 22.5 Å². The minimum absolute atomic E-state index is 0.0484. The summed E-state index contributed by atoms with van der Waals surface area (Å²) in [4.78, 5) is 17.1. The number of aromatic nitrogens is 1. The highest BCUT2D eigenvalue weighted by Crippen LogP contribution is 2.50. The Balaban J connectivity index is 1.31. The third-order valence-electron chi connectivity index (χ3n) is 7.71. The number of hydrazine groups is 1. The second kappa shape index (κ2) is 8.70. The van der Waals surface area contributed by atoms with Crippen LogP contribution in [0.5, 0.6) is 11.7 Å². The number of nitrogens with zero attached hydrogens (tertiary/aromatic N) is 1. The predicted molar refractivity (Wildman–Crippen MR) is 143 cm³/mol. The molecular formula is C30H33N3O3. The van der Waals surface area contributed by atoms with Gasteiger partial charge in [0.15, 0.2) is 5.76 Å². The number of hydrogen-bond acceptors (Lipinski definition) is 5. The van der Waals surface area contributed by atoms with Crippen LogP contribution >= 0.6 is 0 Å². The van der Waals surface area contributed by atoms with Gasteiger partial charge >= 0.3 is 5.91 Å². The SMILES string of the molecule is Cc1cc2c(cc1Oc1ccc(C(=O)NNc3ccc4ccccc4n3)o1)C(C)(C)CC(C)C2(C)C. The molecular weight excluding hydrogens is 450 g/mol. The molecule has 6 nitrogen and oxygen atoms in total. The van der Waals surface area contributed by atoms with E-state index in [2.05, 4.69) is 69.5 Å².